The zero-order valence-corrected chi connectivity index (χ0v) is 12.4. The van der Waals surface area contributed by atoms with Gasteiger partial charge in [-0.3, -0.25) is 4.79 Å². The first-order chi connectivity index (χ1) is 10.1. The van der Waals surface area contributed by atoms with E-state index in [0.29, 0.717) is 16.5 Å². The smallest absolute Gasteiger partial charge is 0.284 e. The molecule has 0 atom stereocenters. The van der Waals surface area contributed by atoms with Gasteiger partial charge in [0.15, 0.2) is 0 Å². The van der Waals surface area contributed by atoms with Crippen LogP contribution >= 0.6 is 15.9 Å². The Hall–Kier alpha value is -2.40. The molecule has 0 aliphatic heterocycles. The summed E-state index contributed by atoms with van der Waals surface area (Å²) in [5.74, 6) is 0.329. The monoisotopic (exact) mass is 343 g/mol. The Morgan fingerprint density at radius 3 is 2.81 bits per heavy atom. The number of phenolic OH excluding ortho intramolecular Hbond substituents is 1. The number of hydrogen-bond acceptors (Lipinski definition) is 4. The normalized spacial score (nSPS) is 11.3. The summed E-state index contributed by atoms with van der Waals surface area (Å²) in [6, 6.07) is 12.0. The number of fused-ring (bicyclic) bond motifs is 1. The summed E-state index contributed by atoms with van der Waals surface area (Å²) in [5.41, 5.74) is 0.743. The van der Waals surface area contributed by atoms with E-state index in [9.17, 15) is 9.90 Å². The van der Waals surface area contributed by atoms with Gasteiger partial charge in [0.25, 0.3) is 5.56 Å². The Labute approximate surface area is 128 Å². The number of benzene rings is 2. The van der Waals surface area contributed by atoms with Crippen molar-refractivity contribution in [2.24, 2.45) is 0 Å². The highest BCUT2D eigenvalue weighted by molar-refractivity contribution is 9.10. The van der Waals surface area contributed by atoms with E-state index in [1.807, 2.05) is 0 Å². The third-order valence-electron chi connectivity index (χ3n) is 2.94. The van der Waals surface area contributed by atoms with Gasteiger partial charge in [0.05, 0.1) is 5.39 Å². The van der Waals surface area contributed by atoms with Crippen molar-refractivity contribution in [3.05, 3.63) is 68.7 Å². The fraction of sp³-hybridized carbons (Fsp3) is 0. The molecular weight excluding hydrogens is 334 g/mol. The van der Waals surface area contributed by atoms with Crippen molar-refractivity contribution in [1.82, 2.24) is 4.98 Å². The summed E-state index contributed by atoms with van der Waals surface area (Å²) < 4.78 is 6.38. The zero-order valence-electron chi connectivity index (χ0n) is 10.8. The molecule has 0 amide bonds. The molecule has 3 rings (SSSR count). The average Bonchev–Trinajstić information content (AvgIpc) is 2.48. The molecule has 1 heterocycles. The highest BCUT2D eigenvalue weighted by Gasteiger charge is 2.04. The predicted octanol–water partition coefficient (Wildman–Crippen LogP) is 3.83. The molecule has 0 aliphatic carbocycles. The summed E-state index contributed by atoms with van der Waals surface area (Å²) in [6.45, 7) is 0. The molecule has 0 saturated heterocycles. The van der Waals surface area contributed by atoms with Gasteiger partial charge in [-0.05, 0) is 36.4 Å². The molecule has 3 aromatic rings. The topological polar surface area (TPSA) is 63.3 Å². The van der Waals surface area contributed by atoms with E-state index in [1.165, 1.54) is 0 Å². The van der Waals surface area contributed by atoms with Crippen LogP contribution in [0.2, 0.25) is 0 Å². The summed E-state index contributed by atoms with van der Waals surface area (Å²) in [4.78, 5) is 15.7. The Balaban J connectivity index is 2.03. The van der Waals surface area contributed by atoms with Gasteiger partial charge in [-0.2, -0.15) is 4.98 Å². The van der Waals surface area contributed by atoms with Gasteiger partial charge < -0.3 is 9.52 Å². The number of rotatable bonds is 2. The van der Waals surface area contributed by atoms with E-state index in [1.54, 1.807) is 54.6 Å². The van der Waals surface area contributed by atoms with E-state index in [0.717, 1.165) is 4.47 Å². The standard InChI is InChI=1S/C16H10BrNO3/c17-11-6-7-13(19)10(9-11)5-8-15-18-16(20)12-3-1-2-4-14(12)21-15/h1-9,19H. The molecule has 4 nitrogen and oxygen atoms in total. The highest BCUT2D eigenvalue weighted by atomic mass is 79.9. The molecule has 0 saturated carbocycles. The maximum atomic E-state index is 11.9. The van der Waals surface area contributed by atoms with E-state index in [2.05, 4.69) is 20.9 Å². The van der Waals surface area contributed by atoms with E-state index in [4.69, 9.17) is 4.42 Å². The third-order valence-corrected chi connectivity index (χ3v) is 3.43. The minimum Gasteiger partial charge on any atom is -0.507 e. The molecule has 1 aromatic heterocycles. The van der Waals surface area contributed by atoms with Gasteiger partial charge >= 0.3 is 0 Å². The molecule has 5 heteroatoms. The summed E-state index contributed by atoms with van der Waals surface area (Å²) in [5, 5.41) is 10.2. The second-order valence-corrected chi connectivity index (χ2v) is 5.31. The Morgan fingerprint density at radius 1 is 1.14 bits per heavy atom. The minimum absolute atomic E-state index is 0.137. The first-order valence-corrected chi connectivity index (χ1v) is 6.99. The van der Waals surface area contributed by atoms with Gasteiger partial charge in [-0.15, -0.1) is 0 Å². The minimum atomic E-state index is -0.338. The van der Waals surface area contributed by atoms with Crippen LogP contribution < -0.4 is 5.56 Å². The molecule has 0 aliphatic rings. The third kappa shape index (κ3) is 2.87. The van der Waals surface area contributed by atoms with Crippen LogP contribution in [-0.2, 0) is 0 Å². The Kier molecular flexibility index (Phi) is 3.58. The quantitative estimate of drug-likeness (QED) is 0.768. The summed E-state index contributed by atoms with van der Waals surface area (Å²) in [7, 11) is 0. The second kappa shape index (κ2) is 5.54. The fourth-order valence-electron chi connectivity index (χ4n) is 1.92. The zero-order chi connectivity index (χ0) is 14.8. The average molecular weight is 344 g/mol. The van der Waals surface area contributed by atoms with Gasteiger partial charge in [-0.1, -0.05) is 28.1 Å². The Bertz CT molecular complexity index is 899. The molecule has 0 bridgehead atoms. The number of para-hydroxylation sites is 1. The van der Waals surface area contributed by atoms with Gasteiger partial charge in [0.2, 0.25) is 5.89 Å². The van der Waals surface area contributed by atoms with Gasteiger partial charge in [-0.25, -0.2) is 0 Å². The van der Waals surface area contributed by atoms with E-state index < -0.39 is 0 Å². The maximum Gasteiger partial charge on any atom is 0.284 e. The lowest BCUT2D eigenvalue weighted by Crippen LogP contribution is -2.06. The van der Waals surface area contributed by atoms with Crippen LogP contribution in [0.1, 0.15) is 11.5 Å². The van der Waals surface area contributed by atoms with Crippen LogP contribution in [0.3, 0.4) is 0 Å². The Morgan fingerprint density at radius 2 is 1.95 bits per heavy atom. The van der Waals surface area contributed by atoms with Crippen LogP contribution in [0.4, 0.5) is 0 Å². The van der Waals surface area contributed by atoms with Crippen LogP contribution in [-0.4, -0.2) is 10.1 Å². The van der Waals surface area contributed by atoms with Crippen LogP contribution in [0, 0.1) is 0 Å². The molecule has 104 valence electrons. The lowest BCUT2D eigenvalue weighted by molar-refractivity contribution is 0.474. The largest absolute Gasteiger partial charge is 0.507 e. The first-order valence-electron chi connectivity index (χ1n) is 6.20. The number of phenols is 1. The van der Waals surface area contributed by atoms with Crippen molar-refractivity contribution < 1.29 is 9.52 Å². The molecule has 0 unspecified atom stereocenters. The first kappa shape index (κ1) is 13.6. The molecule has 1 N–H and O–H groups in total. The van der Waals surface area contributed by atoms with Crippen molar-refractivity contribution >= 4 is 39.1 Å². The lowest BCUT2D eigenvalue weighted by atomic mass is 10.2. The second-order valence-electron chi connectivity index (χ2n) is 4.39. The van der Waals surface area contributed by atoms with Crippen molar-refractivity contribution in [2.75, 3.05) is 0 Å². The maximum absolute atomic E-state index is 11.9. The van der Waals surface area contributed by atoms with Crippen molar-refractivity contribution in [3.8, 4) is 5.75 Å². The SMILES string of the molecule is O=c1nc(C=Cc2cc(Br)ccc2O)oc2ccccc12. The number of aromatic hydroxyl groups is 1. The van der Waals surface area contributed by atoms with E-state index in [-0.39, 0.29) is 17.2 Å². The number of nitrogens with zero attached hydrogens (tertiary/aromatic N) is 1. The predicted molar refractivity (Wildman–Crippen MR) is 85.0 cm³/mol. The molecule has 21 heavy (non-hydrogen) atoms. The summed E-state index contributed by atoms with van der Waals surface area (Å²) in [6.07, 6.45) is 3.19. The van der Waals surface area contributed by atoms with Crippen LogP contribution in [0.15, 0.2) is 56.1 Å². The van der Waals surface area contributed by atoms with Crippen molar-refractivity contribution in [1.29, 1.82) is 0 Å². The van der Waals surface area contributed by atoms with Crippen molar-refractivity contribution in [3.63, 3.8) is 0 Å². The summed E-state index contributed by atoms with van der Waals surface area (Å²) >= 11 is 3.33. The molecule has 2 aromatic carbocycles. The fourth-order valence-corrected chi connectivity index (χ4v) is 2.30. The number of aromatic nitrogens is 1. The van der Waals surface area contributed by atoms with Gasteiger partial charge in [0, 0.05) is 16.1 Å². The highest BCUT2D eigenvalue weighted by Crippen LogP contribution is 2.23. The molecular formula is C16H10BrNO3. The lowest BCUT2D eigenvalue weighted by Gasteiger charge is -2.00. The molecule has 0 spiro atoms. The van der Waals surface area contributed by atoms with Crippen LogP contribution in [0.25, 0.3) is 23.1 Å². The van der Waals surface area contributed by atoms with Crippen LogP contribution in [0.5, 0.6) is 5.75 Å². The molecule has 0 radical (unpaired) electrons. The van der Waals surface area contributed by atoms with Gasteiger partial charge in [0.1, 0.15) is 11.3 Å². The number of halogens is 1. The number of hydrogen-bond donors (Lipinski definition) is 1. The molecule has 0 fully saturated rings. The van der Waals surface area contributed by atoms with Crippen molar-refractivity contribution in [2.45, 2.75) is 0 Å². The van der Waals surface area contributed by atoms with E-state index >= 15 is 0 Å².